The molecule has 1 atom stereocenters. The maximum Gasteiger partial charge on any atom is 0.293 e. The van der Waals surface area contributed by atoms with Gasteiger partial charge in [0.2, 0.25) is 5.91 Å². The fourth-order valence-electron chi connectivity index (χ4n) is 2.83. The van der Waals surface area contributed by atoms with Gasteiger partial charge in [0.1, 0.15) is 5.69 Å². The Kier molecular flexibility index (Phi) is 8.94. The summed E-state index contributed by atoms with van der Waals surface area (Å²) in [5, 5.41) is 20.0. The van der Waals surface area contributed by atoms with Crippen molar-refractivity contribution in [2.75, 3.05) is 37.8 Å². The van der Waals surface area contributed by atoms with E-state index in [0.717, 1.165) is 38.3 Å². The van der Waals surface area contributed by atoms with E-state index in [9.17, 15) is 23.3 Å². The summed E-state index contributed by atoms with van der Waals surface area (Å²) >= 11 is 0. The SMILES string of the molecule is CS(=O)(=O)c1ccc(NCCNC(=O)CCC2CCNC2)c([N+](=O)[O-])c1.Cl. The fraction of sp³-hybridized carbons (Fsp3) is 0.562. The van der Waals surface area contributed by atoms with E-state index >= 15 is 0 Å². The van der Waals surface area contributed by atoms with Crippen LogP contribution in [0.25, 0.3) is 0 Å². The molecule has 0 radical (unpaired) electrons. The highest BCUT2D eigenvalue weighted by molar-refractivity contribution is 7.90. The van der Waals surface area contributed by atoms with Gasteiger partial charge in [-0.25, -0.2) is 8.42 Å². The Morgan fingerprint density at radius 2 is 2.11 bits per heavy atom. The van der Waals surface area contributed by atoms with Crippen LogP contribution in [0.2, 0.25) is 0 Å². The minimum Gasteiger partial charge on any atom is -0.378 e. The van der Waals surface area contributed by atoms with E-state index in [4.69, 9.17) is 0 Å². The smallest absolute Gasteiger partial charge is 0.293 e. The molecule has 9 nitrogen and oxygen atoms in total. The number of hydrogen-bond donors (Lipinski definition) is 3. The number of nitro benzene ring substituents is 1. The normalized spacial score (nSPS) is 16.4. The minimum atomic E-state index is -3.52. The number of nitrogens with one attached hydrogen (secondary N) is 3. The van der Waals surface area contributed by atoms with E-state index < -0.39 is 14.8 Å². The molecule has 0 aromatic heterocycles. The van der Waals surface area contributed by atoms with Gasteiger partial charge in [-0.15, -0.1) is 12.4 Å². The molecule has 1 aliphatic rings. The molecule has 1 aliphatic heterocycles. The average molecular weight is 421 g/mol. The van der Waals surface area contributed by atoms with Gasteiger partial charge in [0.15, 0.2) is 9.84 Å². The van der Waals surface area contributed by atoms with Gasteiger partial charge in [-0.1, -0.05) is 0 Å². The maximum absolute atomic E-state index is 11.8. The second kappa shape index (κ2) is 10.4. The molecule has 0 bridgehead atoms. The monoisotopic (exact) mass is 420 g/mol. The molecular weight excluding hydrogens is 396 g/mol. The van der Waals surface area contributed by atoms with Crippen LogP contribution in [0, 0.1) is 16.0 Å². The lowest BCUT2D eigenvalue weighted by Gasteiger charge is -2.10. The molecule has 1 amide bonds. The van der Waals surface area contributed by atoms with Gasteiger partial charge in [0.25, 0.3) is 5.69 Å². The van der Waals surface area contributed by atoms with Crippen LogP contribution in [0.1, 0.15) is 19.3 Å². The first-order valence-corrected chi connectivity index (χ1v) is 10.4. The molecule has 152 valence electrons. The Labute approximate surface area is 164 Å². The number of anilines is 1. The number of hydrogen-bond acceptors (Lipinski definition) is 7. The molecule has 1 fully saturated rings. The van der Waals surface area contributed by atoms with Gasteiger partial charge in [-0.05, 0) is 44.0 Å². The van der Waals surface area contributed by atoms with E-state index in [1.54, 1.807) is 0 Å². The van der Waals surface area contributed by atoms with Crippen molar-refractivity contribution in [1.82, 2.24) is 10.6 Å². The predicted octanol–water partition coefficient (Wildman–Crippen LogP) is 1.34. The maximum atomic E-state index is 11.8. The van der Waals surface area contributed by atoms with Gasteiger partial charge in [0.05, 0.1) is 9.82 Å². The summed E-state index contributed by atoms with van der Waals surface area (Å²) in [7, 11) is -3.52. The summed E-state index contributed by atoms with van der Waals surface area (Å²) in [5.74, 6) is 0.510. The van der Waals surface area contributed by atoms with Crippen molar-refractivity contribution in [2.45, 2.75) is 24.2 Å². The van der Waals surface area contributed by atoms with Crippen LogP contribution in [0.4, 0.5) is 11.4 Å². The molecule has 11 heteroatoms. The zero-order valence-electron chi connectivity index (χ0n) is 15.1. The lowest BCUT2D eigenvalue weighted by molar-refractivity contribution is -0.384. The Hall–Kier alpha value is -1.91. The molecule has 0 spiro atoms. The fourth-order valence-corrected chi connectivity index (χ4v) is 3.47. The number of sulfone groups is 1. The highest BCUT2D eigenvalue weighted by atomic mass is 35.5. The zero-order chi connectivity index (χ0) is 19.2. The van der Waals surface area contributed by atoms with E-state index in [1.165, 1.54) is 12.1 Å². The summed E-state index contributed by atoms with van der Waals surface area (Å²) in [6.45, 7) is 2.59. The summed E-state index contributed by atoms with van der Waals surface area (Å²) in [5.41, 5.74) is -0.0957. The van der Waals surface area contributed by atoms with Crippen molar-refractivity contribution >= 4 is 39.5 Å². The second-order valence-corrected chi connectivity index (χ2v) is 8.40. The number of carbonyl (C=O) groups excluding carboxylic acids is 1. The quantitative estimate of drug-likeness (QED) is 0.312. The third-order valence-electron chi connectivity index (χ3n) is 4.30. The first kappa shape index (κ1) is 23.1. The Bertz CT molecular complexity index is 766. The lowest BCUT2D eigenvalue weighted by atomic mass is 10.0. The van der Waals surface area contributed by atoms with Crippen molar-refractivity contribution in [3.63, 3.8) is 0 Å². The molecule has 1 heterocycles. The van der Waals surface area contributed by atoms with E-state index in [1.807, 2.05) is 0 Å². The molecule has 27 heavy (non-hydrogen) atoms. The topological polar surface area (TPSA) is 130 Å². The van der Waals surface area contributed by atoms with Gasteiger partial charge in [0, 0.05) is 31.8 Å². The predicted molar refractivity (Wildman–Crippen MR) is 105 cm³/mol. The molecule has 1 aromatic carbocycles. The van der Waals surface area contributed by atoms with Crippen molar-refractivity contribution in [3.8, 4) is 0 Å². The first-order valence-electron chi connectivity index (χ1n) is 8.47. The molecule has 1 unspecified atom stereocenters. The molecule has 1 aromatic rings. The minimum absolute atomic E-state index is 0. The van der Waals surface area contributed by atoms with E-state index in [-0.39, 0.29) is 34.6 Å². The van der Waals surface area contributed by atoms with Gasteiger partial charge in [-0.3, -0.25) is 14.9 Å². The number of nitro groups is 1. The van der Waals surface area contributed by atoms with Gasteiger partial charge in [-0.2, -0.15) is 0 Å². The van der Waals surface area contributed by atoms with Crippen LogP contribution < -0.4 is 16.0 Å². The molecule has 1 saturated heterocycles. The molecule has 2 rings (SSSR count). The molecular formula is C16H25ClN4O5S. The van der Waals surface area contributed by atoms with Crippen LogP contribution in [0.5, 0.6) is 0 Å². The van der Waals surface area contributed by atoms with Gasteiger partial charge < -0.3 is 16.0 Å². The Balaban J connectivity index is 0.00000364. The summed E-state index contributed by atoms with van der Waals surface area (Å²) in [6, 6.07) is 3.72. The standard InChI is InChI=1S/C16H24N4O5S.ClH/c1-26(24,25)13-3-4-14(15(10-13)20(22)23)18-8-9-19-16(21)5-2-12-6-7-17-11-12;/h3-4,10,12,17-18H,2,5-9,11H2,1H3,(H,19,21);1H. The number of nitrogens with zero attached hydrogens (tertiary/aromatic N) is 1. The number of rotatable bonds is 9. The van der Waals surface area contributed by atoms with E-state index in [0.29, 0.717) is 25.4 Å². The van der Waals surface area contributed by atoms with Crippen molar-refractivity contribution < 1.29 is 18.1 Å². The highest BCUT2D eigenvalue weighted by Crippen LogP contribution is 2.27. The van der Waals surface area contributed by atoms with E-state index in [2.05, 4.69) is 16.0 Å². The summed E-state index contributed by atoms with van der Waals surface area (Å²) < 4.78 is 23.0. The first-order chi connectivity index (χ1) is 12.3. The summed E-state index contributed by atoms with van der Waals surface area (Å²) in [6.07, 6.45) is 3.42. The largest absolute Gasteiger partial charge is 0.378 e. The van der Waals surface area contributed by atoms with Crippen LogP contribution in [0.3, 0.4) is 0 Å². The third kappa shape index (κ3) is 7.31. The van der Waals surface area contributed by atoms with Crippen LogP contribution in [0.15, 0.2) is 23.1 Å². The van der Waals surface area contributed by atoms with Crippen molar-refractivity contribution in [2.24, 2.45) is 5.92 Å². The second-order valence-electron chi connectivity index (χ2n) is 6.38. The highest BCUT2D eigenvalue weighted by Gasteiger charge is 2.19. The Morgan fingerprint density at radius 1 is 1.37 bits per heavy atom. The van der Waals surface area contributed by atoms with Crippen LogP contribution in [-0.2, 0) is 14.6 Å². The average Bonchev–Trinajstić information content (AvgIpc) is 3.09. The van der Waals surface area contributed by atoms with Crippen LogP contribution >= 0.6 is 12.4 Å². The van der Waals surface area contributed by atoms with Crippen molar-refractivity contribution in [1.29, 1.82) is 0 Å². The molecule has 0 aliphatic carbocycles. The summed E-state index contributed by atoms with van der Waals surface area (Å²) in [4.78, 5) is 22.2. The molecule has 3 N–H and O–H groups in total. The number of carbonyl (C=O) groups is 1. The number of benzene rings is 1. The molecule has 0 saturated carbocycles. The Morgan fingerprint density at radius 3 is 2.70 bits per heavy atom. The zero-order valence-corrected chi connectivity index (χ0v) is 16.7. The number of amides is 1. The van der Waals surface area contributed by atoms with Crippen LogP contribution in [-0.4, -0.2) is 51.7 Å². The lowest BCUT2D eigenvalue weighted by Crippen LogP contribution is -2.29. The van der Waals surface area contributed by atoms with Gasteiger partial charge >= 0.3 is 0 Å². The van der Waals surface area contributed by atoms with Crippen molar-refractivity contribution in [3.05, 3.63) is 28.3 Å². The third-order valence-corrected chi connectivity index (χ3v) is 5.41. The number of halogens is 1.